The first-order valence-electron chi connectivity index (χ1n) is 11.7. The third kappa shape index (κ3) is 7.92. The van der Waals surface area contributed by atoms with Gasteiger partial charge < -0.3 is 24.2 Å². The minimum Gasteiger partial charge on any atom is -0.382 e. The molecular formula is C25H38N4O4S. The van der Waals surface area contributed by atoms with E-state index in [0.717, 1.165) is 30.0 Å². The first-order chi connectivity index (χ1) is 16.1. The van der Waals surface area contributed by atoms with Crippen LogP contribution in [-0.2, 0) is 16.7 Å². The number of carbonyl (C=O) groups excluding carboxylic acids is 1. The van der Waals surface area contributed by atoms with E-state index in [1.54, 1.807) is 17.9 Å². The summed E-state index contributed by atoms with van der Waals surface area (Å²) in [5, 5.41) is 2.98. The average Bonchev–Trinajstić information content (AvgIpc) is 2.79. The minimum atomic E-state index is -3.73. The standard InChI is InChI=1S/C25H38N4O4S/c1-7-28(8-2)22-15-14-21(24(18-22)33-34(31,32)9-3)19-29(17-16-27(5)6)25(30)26-23-13-11-10-12-20(23)4/h10-15,18H,7-9,16-17,19H2,1-6H3,(H,26,30). The molecule has 0 unspecified atom stereocenters. The van der Waals surface area contributed by atoms with Crippen molar-refractivity contribution in [2.45, 2.75) is 34.2 Å². The molecule has 0 aliphatic carbocycles. The number of rotatable bonds is 12. The maximum absolute atomic E-state index is 13.2. The van der Waals surface area contributed by atoms with Crippen molar-refractivity contribution in [3.05, 3.63) is 53.6 Å². The molecule has 0 saturated heterocycles. The van der Waals surface area contributed by atoms with Crippen molar-refractivity contribution in [3.8, 4) is 5.75 Å². The monoisotopic (exact) mass is 490 g/mol. The van der Waals surface area contributed by atoms with Gasteiger partial charge in [0, 0.05) is 49.2 Å². The number of anilines is 2. The first kappa shape index (κ1) is 27.5. The number of amides is 2. The molecule has 0 aliphatic heterocycles. The Kier molecular flexibility index (Phi) is 10.2. The predicted molar refractivity (Wildman–Crippen MR) is 139 cm³/mol. The van der Waals surface area contributed by atoms with Crippen LogP contribution in [0.5, 0.6) is 5.75 Å². The summed E-state index contributed by atoms with van der Waals surface area (Å²) in [5.74, 6) is 0.116. The predicted octanol–water partition coefficient (Wildman–Crippen LogP) is 4.17. The van der Waals surface area contributed by atoms with Crippen LogP contribution >= 0.6 is 0 Å². The molecule has 188 valence electrons. The highest BCUT2D eigenvalue weighted by atomic mass is 32.2. The molecule has 0 aromatic heterocycles. The maximum Gasteiger partial charge on any atom is 0.322 e. The van der Waals surface area contributed by atoms with E-state index in [-0.39, 0.29) is 24.1 Å². The number of urea groups is 1. The number of nitrogens with zero attached hydrogens (tertiary/aromatic N) is 3. The Morgan fingerprint density at radius 3 is 2.26 bits per heavy atom. The van der Waals surface area contributed by atoms with Gasteiger partial charge in [0.1, 0.15) is 5.75 Å². The fourth-order valence-corrected chi connectivity index (χ4v) is 3.97. The van der Waals surface area contributed by atoms with Gasteiger partial charge >= 0.3 is 16.1 Å². The summed E-state index contributed by atoms with van der Waals surface area (Å²) >= 11 is 0. The molecule has 8 nitrogen and oxygen atoms in total. The zero-order valence-corrected chi connectivity index (χ0v) is 22.0. The van der Waals surface area contributed by atoms with Gasteiger partial charge in [0.25, 0.3) is 0 Å². The third-order valence-electron chi connectivity index (χ3n) is 5.60. The lowest BCUT2D eigenvalue weighted by Gasteiger charge is -2.27. The number of benzene rings is 2. The van der Waals surface area contributed by atoms with E-state index in [0.29, 0.717) is 18.7 Å². The lowest BCUT2D eigenvalue weighted by Crippen LogP contribution is -2.39. The lowest BCUT2D eigenvalue weighted by molar-refractivity contribution is 0.202. The molecule has 0 bridgehead atoms. The van der Waals surface area contributed by atoms with Crippen LogP contribution in [0.25, 0.3) is 0 Å². The molecule has 0 spiro atoms. The Balaban J connectivity index is 2.40. The van der Waals surface area contributed by atoms with Crippen LogP contribution in [-0.4, -0.2) is 70.3 Å². The zero-order valence-electron chi connectivity index (χ0n) is 21.2. The maximum atomic E-state index is 13.2. The molecule has 1 N–H and O–H groups in total. The molecule has 2 aromatic carbocycles. The molecule has 0 atom stereocenters. The number of aryl methyl sites for hydroxylation is 1. The summed E-state index contributed by atoms with van der Waals surface area (Å²) in [5.41, 5.74) is 3.21. The summed E-state index contributed by atoms with van der Waals surface area (Å²) in [6, 6.07) is 12.9. The van der Waals surface area contributed by atoms with Gasteiger partial charge in [0.15, 0.2) is 0 Å². The summed E-state index contributed by atoms with van der Waals surface area (Å²) in [6.07, 6.45) is 0. The highest BCUT2D eigenvalue weighted by Gasteiger charge is 2.21. The fraction of sp³-hybridized carbons (Fsp3) is 0.480. The number of hydrogen-bond acceptors (Lipinski definition) is 6. The zero-order chi connectivity index (χ0) is 25.3. The van der Waals surface area contributed by atoms with Gasteiger partial charge in [-0.25, -0.2) is 4.79 Å². The van der Waals surface area contributed by atoms with Crippen molar-refractivity contribution in [2.24, 2.45) is 0 Å². The quantitative estimate of drug-likeness (QED) is 0.450. The van der Waals surface area contributed by atoms with Crippen LogP contribution in [0.4, 0.5) is 16.2 Å². The van der Waals surface area contributed by atoms with Crippen LogP contribution in [0.1, 0.15) is 31.9 Å². The molecule has 0 fully saturated rings. The third-order valence-corrected chi connectivity index (χ3v) is 6.74. The van der Waals surface area contributed by atoms with Gasteiger partial charge in [-0.3, -0.25) is 0 Å². The molecular weight excluding hydrogens is 452 g/mol. The molecule has 34 heavy (non-hydrogen) atoms. The van der Waals surface area contributed by atoms with E-state index >= 15 is 0 Å². The summed E-state index contributed by atoms with van der Waals surface area (Å²) < 4.78 is 30.1. The second-order valence-corrected chi connectivity index (χ2v) is 10.2. The SMILES string of the molecule is CCN(CC)c1ccc(CN(CCN(C)C)C(=O)Nc2ccccc2C)c(OS(=O)(=O)CC)c1. The first-order valence-corrected chi connectivity index (χ1v) is 13.2. The van der Waals surface area contributed by atoms with Crippen molar-refractivity contribution < 1.29 is 17.4 Å². The van der Waals surface area contributed by atoms with E-state index in [1.165, 1.54) is 0 Å². The van der Waals surface area contributed by atoms with E-state index in [9.17, 15) is 13.2 Å². The molecule has 0 aliphatic rings. The molecule has 2 rings (SSSR count). The molecule has 9 heteroatoms. The van der Waals surface area contributed by atoms with Crippen molar-refractivity contribution in [3.63, 3.8) is 0 Å². The summed E-state index contributed by atoms with van der Waals surface area (Å²) in [7, 11) is 0.154. The second-order valence-electron chi connectivity index (χ2n) is 8.36. The van der Waals surface area contributed by atoms with Gasteiger partial charge in [0.2, 0.25) is 0 Å². The van der Waals surface area contributed by atoms with Crippen LogP contribution < -0.4 is 14.4 Å². The number of carbonyl (C=O) groups is 1. The molecule has 0 radical (unpaired) electrons. The van der Waals surface area contributed by atoms with E-state index in [4.69, 9.17) is 4.18 Å². The van der Waals surface area contributed by atoms with Gasteiger partial charge in [-0.1, -0.05) is 24.3 Å². The summed E-state index contributed by atoms with van der Waals surface area (Å²) in [6.45, 7) is 10.4. The Labute approximate surface area is 204 Å². The smallest absolute Gasteiger partial charge is 0.322 e. The fourth-order valence-electron chi connectivity index (χ4n) is 3.42. The van der Waals surface area contributed by atoms with E-state index in [2.05, 4.69) is 10.2 Å². The normalized spacial score (nSPS) is 11.4. The number of para-hydroxylation sites is 1. The highest BCUT2D eigenvalue weighted by Crippen LogP contribution is 2.29. The van der Waals surface area contributed by atoms with Crippen LogP contribution in [0.2, 0.25) is 0 Å². The summed E-state index contributed by atoms with van der Waals surface area (Å²) in [4.78, 5) is 19.0. The number of hydrogen-bond donors (Lipinski definition) is 1. The molecule has 2 amide bonds. The van der Waals surface area contributed by atoms with E-state index in [1.807, 2.05) is 76.2 Å². The van der Waals surface area contributed by atoms with Crippen molar-refractivity contribution >= 4 is 27.5 Å². The van der Waals surface area contributed by atoms with Crippen molar-refractivity contribution in [2.75, 3.05) is 56.2 Å². The minimum absolute atomic E-state index is 0.139. The van der Waals surface area contributed by atoms with Gasteiger partial charge in [0.05, 0.1) is 12.3 Å². The van der Waals surface area contributed by atoms with Gasteiger partial charge in [-0.05, 0) is 59.5 Å². The Morgan fingerprint density at radius 2 is 1.68 bits per heavy atom. The number of nitrogens with one attached hydrogen (secondary N) is 1. The second kappa shape index (κ2) is 12.6. The largest absolute Gasteiger partial charge is 0.382 e. The number of likely N-dealkylation sites (N-methyl/N-ethyl adjacent to an activating group) is 1. The lowest BCUT2D eigenvalue weighted by atomic mass is 10.1. The topological polar surface area (TPSA) is 82.2 Å². The van der Waals surface area contributed by atoms with Crippen molar-refractivity contribution in [1.82, 2.24) is 9.80 Å². The van der Waals surface area contributed by atoms with Crippen LogP contribution in [0, 0.1) is 6.92 Å². The highest BCUT2D eigenvalue weighted by molar-refractivity contribution is 7.87. The molecule has 0 heterocycles. The van der Waals surface area contributed by atoms with Gasteiger partial charge in [-0.2, -0.15) is 8.42 Å². The molecule has 2 aromatic rings. The van der Waals surface area contributed by atoms with Crippen LogP contribution in [0.3, 0.4) is 0 Å². The van der Waals surface area contributed by atoms with Crippen molar-refractivity contribution in [1.29, 1.82) is 0 Å². The molecule has 0 saturated carbocycles. The Morgan fingerprint density at radius 1 is 1.00 bits per heavy atom. The van der Waals surface area contributed by atoms with E-state index < -0.39 is 10.1 Å². The van der Waals surface area contributed by atoms with Gasteiger partial charge in [-0.15, -0.1) is 0 Å². The Bertz CT molecular complexity index is 1050. The van der Waals surface area contributed by atoms with Crippen LogP contribution in [0.15, 0.2) is 42.5 Å². The average molecular weight is 491 g/mol. The Hall–Kier alpha value is -2.78.